The quantitative estimate of drug-likeness (QED) is 0.674. The number of nitrogens with one attached hydrogen (secondary N) is 1. The second-order valence-corrected chi connectivity index (χ2v) is 4.29. The molecule has 72 valence electrons. The van der Waals surface area contributed by atoms with Crippen molar-refractivity contribution in [3.63, 3.8) is 0 Å². The van der Waals surface area contributed by atoms with Crippen LogP contribution in [0.25, 0.3) is 0 Å². The highest BCUT2D eigenvalue weighted by molar-refractivity contribution is 5.68. The molecular formula is C9H19NO2. The molecule has 0 aliphatic carbocycles. The summed E-state index contributed by atoms with van der Waals surface area (Å²) in [5.41, 5.74) is 0.242. The summed E-state index contributed by atoms with van der Waals surface area (Å²) in [5, 5.41) is 11.3. The Balaban J connectivity index is 3.58. The average molecular weight is 173 g/mol. The summed E-state index contributed by atoms with van der Waals surface area (Å²) in [4.78, 5) is 10.2. The molecule has 0 aromatic heterocycles. The van der Waals surface area contributed by atoms with E-state index in [4.69, 9.17) is 5.11 Å². The first-order valence-electron chi connectivity index (χ1n) is 4.26. The molecule has 0 spiro atoms. The molecule has 0 aliphatic rings. The van der Waals surface area contributed by atoms with Crippen LogP contribution in [-0.4, -0.2) is 24.2 Å². The van der Waals surface area contributed by atoms with Crippen LogP contribution in [0.5, 0.6) is 0 Å². The van der Waals surface area contributed by atoms with Crippen LogP contribution < -0.4 is 5.32 Å². The van der Waals surface area contributed by atoms with Gasteiger partial charge in [-0.2, -0.15) is 0 Å². The number of hydrogen-bond donors (Lipinski definition) is 2. The third-order valence-corrected chi connectivity index (χ3v) is 2.21. The lowest BCUT2D eigenvalue weighted by molar-refractivity contribution is -0.136. The molecule has 0 heterocycles. The molecule has 3 nitrogen and oxygen atoms in total. The van der Waals surface area contributed by atoms with Crippen LogP contribution in [0.4, 0.5) is 0 Å². The summed E-state index contributed by atoms with van der Waals surface area (Å²) >= 11 is 0. The van der Waals surface area contributed by atoms with Gasteiger partial charge in [0.05, 0.1) is 6.54 Å². The van der Waals surface area contributed by atoms with E-state index in [1.54, 1.807) is 0 Å². The van der Waals surface area contributed by atoms with Gasteiger partial charge < -0.3 is 10.4 Å². The van der Waals surface area contributed by atoms with Gasteiger partial charge in [-0.15, -0.1) is 0 Å². The van der Waals surface area contributed by atoms with Crippen LogP contribution in [0, 0.1) is 11.3 Å². The summed E-state index contributed by atoms with van der Waals surface area (Å²) in [6, 6.07) is 0. The maximum atomic E-state index is 10.2. The summed E-state index contributed by atoms with van der Waals surface area (Å²) in [7, 11) is 0. The van der Waals surface area contributed by atoms with Crippen LogP contribution in [0.1, 0.15) is 27.7 Å². The minimum absolute atomic E-state index is 0.0560. The Morgan fingerprint density at radius 2 is 2.00 bits per heavy atom. The van der Waals surface area contributed by atoms with Crippen LogP contribution in [0.15, 0.2) is 0 Å². The van der Waals surface area contributed by atoms with Gasteiger partial charge in [0.1, 0.15) is 0 Å². The minimum atomic E-state index is -0.795. The van der Waals surface area contributed by atoms with Crippen LogP contribution >= 0.6 is 0 Å². The third-order valence-electron chi connectivity index (χ3n) is 2.21. The number of rotatable bonds is 4. The van der Waals surface area contributed by atoms with Gasteiger partial charge >= 0.3 is 5.97 Å². The van der Waals surface area contributed by atoms with Crippen molar-refractivity contribution in [2.75, 3.05) is 13.1 Å². The number of hydrogen-bond acceptors (Lipinski definition) is 2. The molecule has 0 rings (SSSR count). The second-order valence-electron chi connectivity index (χ2n) is 4.29. The van der Waals surface area contributed by atoms with Crippen LogP contribution in [0.2, 0.25) is 0 Å². The Kier molecular flexibility index (Phi) is 4.24. The van der Waals surface area contributed by atoms with E-state index in [0.29, 0.717) is 5.92 Å². The first kappa shape index (κ1) is 11.4. The Morgan fingerprint density at radius 3 is 2.33 bits per heavy atom. The molecule has 0 aromatic rings. The predicted octanol–water partition coefficient (Wildman–Crippen LogP) is 1.34. The molecule has 0 amide bonds. The van der Waals surface area contributed by atoms with Crippen molar-refractivity contribution in [2.45, 2.75) is 27.7 Å². The zero-order chi connectivity index (χ0) is 9.78. The standard InChI is InChI=1S/C9H19NO2/c1-7(9(2,3)4)5-10-6-8(11)12/h7,10H,5-6H2,1-4H3,(H,11,12). The molecule has 0 bridgehead atoms. The fourth-order valence-corrected chi connectivity index (χ4v) is 0.702. The SMILES string of the molecule is CC(CNCC(=O)O)C(C)(C)C. The number of carbonyl (C=O) groups is 1. The molecule has 3 heteroatoms. The molecule has 0 saturated carbocycles. The molecule has 1 unspecified atom stereocenters. The molecule has 2 N–H and O–H groups in total. The zero-order valence-corrected chi connectivity index (χ0v) is 8.35. The zero-order valence-electron chi connectivity index (χ0n) is 8.35. The van der Waals surface area contributed by atoms with Gasteiger partial charge in [0.25, 0.3) is 0 Å². The fraction of sp³-hybridized carbons (Fsp3) is 0.889. The molecule has 0 aliphatic heterocycles. The topological polar surface area (TPSA) is 49.3 Å². The van der Waals surface area contributed by atoms with E-state index < -0.39 is 5.97 Å². The Bertz CT molecular complexity index is 149. The van der Waals surface area contributed by atoms with Gasteiger partial charge in [-0.3, -0.25) is 4.79 Å². The second kappa shape index (κ2) is 4.45. The number of aliphatic carboxylic acids is 1. The lowest BCUT2D eigenvalue weighted by Gasteiger charge is -2.27. The van der Waals surface area contributed by atoms with Gasteiger partial charge in [-0.05, 0) is 17.9 Å². The largest absolute Gasteiger partial charge is 0.480 e. The van der Waals surface area contributed by atoms with Gasteiger partial charge in [0.15, 0.2) is 0 Å². The van der Waals surface area contributed by atoms with Crippen molar-refractivity contribution < 1.29 is 9.90 Å². The first-order valence-corrected chi connectivity index (χ1v) is 4.26. The smallest absolute Gasteiger partial charge is 0.317 e. The lowest BCUT2D eigenvalue weighted by Crippen LogP contribution is -2.32. The first-order chi connectivity index (χ1) is 5.34. The van der Waals surface area contributed by atoms with Crippen molar-refractivity contribution >= 4 is 5.97 Å². The average Bonchev–Trinajstić information content (AvgIpc) is 1.84. The maximum Gasteiger partial charge on any atom is 0.317 e. The third kappa shape index (κ3) is 5.13. The monoisotopic (exact) mass is 173 g/mol. The van der Waals surface area contributed by atoms with Gasteiger partial charge in [-0.25, -0.2) is 0 Å². The highest BCUT2D eigenvalue weighted by atomic mass is 16.4. The summed E-state index contributed by atoms with van der Waals surface area (Å²) < 4.78 is 0. The van der Waals surface area contributed by atoms with Gasteiger partial charge in [0, 0.05) is 0 Å². The summed E-state index contributed by atoms with van der Waals surface area (Å²) in [6.45, 7) is 9.39. The molecule has 0 saturated heterocycles. The lowest BCUT2D eigenvalue weighted by atomic mass is 9.82. The highest BCUT2D eigenvalue weighted by Gasteiger charge is 2.19. The number of carboxylic acids is 1. The highest BCUT2D eigenvalue weighted by Crippen LogP contribution is 2.24. The Labute approximate surface area is 74.2 Å². The van der Waals surface area contributed by atoms with Gasteiger partial charge in [-0.1, -0.05) is 27.7 Å². The normalized spacial score (nSPS) is 14.3. The predicted molar refractivity (Wildman–Crippen MR) is 49.1 cm³/mol. The van der Waals surface area contributed by atoms with Crippen LogP contribution in [-0.2, 0) is 4.79 Å². The Hall–Kier alpha value is -0.570. The van der Waals surface area contributed by atoms with E-state index in [-0.39, 0.29) is 12.0 Å². The summed E-state index contributed by atoms with van der Waals surface area (Å²) in [5.74, 6) is -0.312. The molecule has 0 aromatic carbocycles. The fourth-order valence-electron chi connectivity index (χ4n) is 0.702. The van der Waals surface area contributed by atoms with E-state index in [2.05, 4.69) is 33.0 Å². The van der Waals surface area contributed by atoms with Crippen molar-refractivity contribution in [2.24, 2.45) is 11.3 Å². The summed E-state index contributed by atoms with van der Waals surface area (Å²) in [6.07, 6.45) is 0. The van der Waals surface area contributed by atoms with E-state index in [1.807, 2.05) is 0 Å². The van der Waals surface area contributed by atoms with Crippen LogP contribution in [0.3, 0.4) is 0 Å². The van der Waals surface area contributed by atoms with E-state index >= 15 is 0 Å². The molecule has 0 radical (unpaired) electrons. The van der Waals surface area contributed by atoms with Crippen molar-refractivity contribution in [3.8, 4) is 0 Å². The molecule has 0 fully saturated rings. The number of carboxylic acid groups (broad SMARTS) is 1. The maximum absolute atomic E-state index is 10.2. The molecule has 1 atom stereocenters. The van der Waals surface area contributed by atoms with Crippen molar-refractivity contribution in [1.82, 2.24) is 5.32 Å². The Morgan fingerprint density at radius 1 is 1.50 bits per heavy atom. The van der Waals surface area contributed by atoms with Crippen molar-refractivity contribution in [1.29, 1.82) is 0 Å². The van der Waals surface area contributed by atoms with E-state index in [9.17, 15) is 4.79 Å². The van der Waals surface area contributed by atoms with Gasteiger partial charge in [0.2, 0.25) is 0 Å². The molecule has 12 heavy (non-hydrogen) atoms. The van der Waals surface area contributed by atoms with Crippen molar-refractivity contribution in [3.05, 3.63) is 0 Å². The minimum Gasteiger partial charge on any atom is -0.480 e. The van der Waals surface area contributed by atoms with E-state index in [1.165, 1.54) is 0 Å². The molecular weight excluding hydrogens is 154 g/mol. The van der Waals surface area contributed by atoms with E-state index in [0.717, 1.165) is 6.54 Å².